The zero-order chi connectivity index (χ0) is 15.1. The molecule has 1 rings (SSSR count). The van der Waals surface area contributed by atoms with Gasteiger partial charge >= 0.3 is 31.1 Å². The van der Waals surface area contributed by atoms with Gasteiger partial charge in [-0.3, -0.25) is 0 Å². The van der Waals surface area contributed by atoms with Crippen LogP contribution >= 0.6 is 0 Å². The molecular formula is C18H29NOU. The average molecular weight is 513 g/mol. The van der Waals surface area contributed by atoms with Gasteiger partial charge in [-0.25, -0.2) is 0 Å². The largest absolute Gasteiger partial charge is 2.00 e. The first kappa shape index (κ1) is 25.5. The van der Waals surface area contributed by atoms with E-state index in [2.05, 4.69) is 12.6 Å². The van der Waals surface area contributed by atoms with Gasteiger partial charge in [0.1, 0.15) is 0 Å². The molecule has 0 aliphatic rings. The van der Waals surface area contributed by atoms with E-state index in [4.69, 9.17) is 10.8 Å². The predicted octanol–water partition coefficient (Wildman–Crippen LogP) is 4.44. The fraction of sp³-hybridized carbons (Fsp3) is 0.389. The Hall–Kier alpha value is -0.488. The molecule has 3 N–H and O–H groups in total. The van der Waals surface area contributed by atoms with Gasteiger partial charge in [-0.15, -0.1) is 11.6 Å². The summed E-state index contributed by atoms with van der Waals surface area (Å²) in [4.78, 5) is 0. The molecule has 1 aromatic carbocycles. The number of aliphatic hydroxyl groups is 1. The Morgan fingerprint density at radius 1 is 1.38 bits per heavy atom. The number of rotatable bonds is 3. The molecule has 3 heteroatoms. The summed E-state index contributed by atoms with van der Waals surface area (Å²) in [5, 5.41) is 9.09. The Morgan fingerprint density at radius 2 is 1.86 bits per heavy atom. The van der Waals surface area contributed by atoms with Gasteiger partial charge in [0.2, 0.25) is 0 Å². The van der Waals surface area contributed by atoms with Crippen molar-refractivity contribution >= 4 is 11.8 Å². The maximum absolute atomic E-state index is 9.09. The Morgan fingerprint density at radius 3 is 2.24 bits per heavy atom. The van der Waals surface area contributed by atoms with E-state index in [-0.39, 0.29) is 38.5 Å². The van der Waals surface area contributed by atoms with Crippen LogP contribution in [-0.2, 0) is 0 Å². The number of nitrogen functional groups attached to an aromatic ring is 1. The summed E-state index contributed by atoms with van der Waals surface area (Å²) in [5.41, 5.74) is 8.04. The number of nitrogens with two attached hydrogens (primary N) is 1. The normalized spacial score (nSPS) is 10.2. The fourth-order valence-electron chi connectivity index (χ4n) is 0.949. The third-order valence-electron chi connectivity index (χ3n) is 3.05. The molecule has 116 valence electrons. The molecule has 0 atom stereocenters. The third-order valence-corrected chi connectivity index (χ3v) is 3.05. The number of benzene rings is 1. The molecule has 0 aromatic heterocycles. The van der Waals surface area contributed by atoms with Gasteiger partial charge in [-0.2, -0.15) is 17.7 Å². The van der Waals surface area contributed by atoms with E-state index >= 15 is 0 Å². The van der Waals surface area contributed by atoms with Crippen molar-refractivity contribution in [1.29, 1.82) is 0 Å². The molecule has 0 bridgehead atoms. The van der Waals surface area contributed by atoms with Gasteiger partial charge in [-0.05, 0) is 19.8 Å². The van der Waals surface area contributed by atoms with Gasteiger partial charge < -0.3 is 18.3 Å². The molecule has 0 radical (unpaired) electrons. The van der Waals surface area contributed by atoms with E-state index in [0.717, 1.165) is 5.56 Å². The minimum absolute atomic E-state index is 0. The molecule has 0 spiro atoms. The first-order valence-electron chi connectivity index (χ1n) is 6.47. The van der Waals surface area contributed by atoms with E-state index in [0.29, 0.717) is 11.6 Å². The second-order valence-corrected chi connectivity index (χ2v) is 5.43. The van der Waals surface area contributed by atoms with Crippen LogP contribution in [0, 0.1) is 57.4 Å². The molecule has 1 aromatic rings. The molecule has 0 heterocycles. The molecule has 2 nitrogen and oxygen atoms in total. The van der Waals surface area contributed by atoms with E-state index in [1.165, 1.54) is 5.56 Å². The topological polar surface area (TPSA) is 46.2 Å². The van der Waals surface area contributed by atoms with Crippen molar-refractivity contribution in [2.45, 2.75) is 40.2 Å². The third kappa shape index (κ3) is 11.8. The Kier molecular flexibility index (Phi) is 14.7. The van der Waals surface area contributed by atoms with Crippen LogP contribution < -0.4 is 5.73 Å². The molecular weight excluding hydrogens is 484 g/mol. The van der Waals surface area contributed by atoms with E-state index in [9.17, 15) is 0 Å². The van der Waals surface area contributed by atoms with Gasteiger partial charge in [0.05, 0.1) is 5.60 Å². The van der Waals surface area contributed by atoms with Crippen molar-refractivity contribution in [3.05, 3.63) is 55.5 Å². The number of aryl methyl sites for hydroxylation is 1. The Bertz CT molecular complexity index is 431. The van der Waals surface area contributed by atoms with Crippen LogP contribution in [0.25, 0.3) is 6.08 Å². The second kappa shape index (κ2) is 12.1. The zero-order valence-electron chi connectivity index (χ0n) is 14.2. The van der Waals surface area contributed by atoms with Gasteiger partial charge in [0, 0.05) is 0 Å². The van der Waals surface area contributed by atoms with Crippen LogP contribution in [0.2, 0.25) is 0 Å². The standard InChI is InChI=1S/C11H12N.C6H14O.CH3.U/c1-3-4-5-10-8-11(12)7-6-9(10)2;1-5(2)6(3,4)7;;/h3-6,8H,1,12H2,2H3;5,7H,1-4H3;1H3;/q-1;;-1;+2/b5-4-;;;. The number of hydrogen-bond acceptors (Lipinski definition) is 2. The molecule has 0 fully saturated rings. The van der Waals surface area contributed by atoms with Crippen LogP contribution in [0.3, 0.4) is 0 Å². The predicted molar refractivity (Wildman–Crippen MR) is 91.2 cm³/mol. The quantitative estimate of drug-likeness (QED) is 0.357. The Balaban J connectivity index is -0.000000317. The van der Waals surface area contributed by atoms with Crippen LogP contribution in [0.1, 0.15) is 38.8 Å². The number of anilines is 1. The maximum atomic E-state index is 9.09. The summed E-state index contributed by atoms with van der Waals surface area (Å²) < 4.78 is 0. The van der Waals surface area contributed by atoms with Crippen molar-refractivity contribution < 1.29 is 36.2 Å². The minimum atomic E-state index is -0.500. The summed E-state index contributed by atoms with van der Waals surface area (Å²) in [7, 11) is 0. The van der Waals surface area contributed by atoms with Crippen molar-refractivity contribution in [2.24, 2.45) is 5.92 Å². The summed E-state index contributed by atoms with van der Waals surface area (Å²) in [6, 6.07) is 6.72. The monoisotopic (exact) mass is 513 g/mol. The molecule has 0 aliphatic heterocycles. The minimum Gasteiger partial charge on any atom is -0.420 e. The maximum Gasteiger partial charge on any atom is 2.00 e. The summed E-state index contributed by atoms with van der Waals surface area (Å²) in [5.74, 6) is 0.354. The molecule has 21 heavy (non-hydrogen) atoms. The first-order valence-corrected chi connectivity index (χ1v) is 6.47. The SMILES string of the molecule is C=C/C=C\c1cc(N)[c-]cc1C.CC(C)C(C)(C)O.[CH3-].[U+2]. The molecule has 0 aliphatic carbocycles. The van der Waals surface area contributed by atoms with Crippen molar-refractivity contribution in [2.75, 3.05) is 5.73 Å². The van der Waals surface area contributed by atoms with Crippen LogP contribution in [0.5, 0.6) is 0 Å². The van der Waals surface area contributed by atoms with Crippen molar-refractivity contribution in [1.82, 2.24) is 0 Å². The molecule has 0 saturated heterocycles. The fourth-order valence-corrected chi connectivity index (χ4v) is 0.949. The van der Waals surface area contributed by atoms with Crippen molar-refractivity contribution in [3.8, 4) is 0 Å². The summed E-state index contributed by atoms with van der Waals surface area (Å²) in [6.07, 6.45) is 5.61. The van der Waals surface area contributed by atoms with E-state index < -0.39 is 5.60 Å². The summed E-state index contributed by atoms with van der Waals surface area (Å²) >= 11 is 0. The van der Waals surface area contributed by atoms with Crippen molar-refractivity contribution in [3.63, 3.8) is 0 Å². The van der Waals surface area contributed by atoms with Crippen LogP contribution in [-0.4, -0.2) is 10.7 Å². The number of allylic oxidation sites excluding steroid dienone is 2. The van der Waals surface area contributed by atoms with E-state index in [1.807, 2.05) is 58.9 Å². The second-order valence-electron chi connectivity index (χ2n) is 5.43. The Labute approximate surface area is 154 Å². The molecule has 0 unspecified atom stereocenters. The molecule has 0 saturated carbocycles. The zero-order valence-corrected chi connectivity index (χ0v) is 18.4. The van der Waals surface area contributed by atoms with Gasteiger partial charge in [-0.1, -0.05) is 51.3 Å². The van der Waals surface area contributed by atoms with E-state index in [1.54, 1.807) is 6.08 Å². The molecule has 0 amide bonds. The smallest absolute Gasteiger partial charge is 0.420 e. The van der Waals surface area contributed by atoms with Crippen LogP contribution in [0.4, 0.5) is 5.69 Å². The average Bonchev–Trinajstić information content (AvgIpc) is 2.30. The first-order chi connectivity index (χ1) is 8.68. The van der Waals surface area contributed by atoms with Gasteiger partial charge in [0.15, 0.2) is 0 Å². The van der Waals surface area contributed by atoms with Crippen LogP contribution in [0.15, 0.2) is 30.9 Å². The van der Waals surface area contributed by atoms with Gasteiger partial charge in [0.25, 0.3) is 0 Å². The summed E-state index contributed by atoms with van der Waals surface area (Å²) in [6.45, 7) is 13.3. The number of hydrogen-bond donors (Lipinski definition) is 2.